The maximum Gasteiger partial charge on any atom is 0.166 e. The summed E-state index contributed by atoms with van der Waals surface area (Å²) in [6, 6.07) is 13.1. The van der Waals surface area contributed by atoms with E-state index >= 15 is 0 Å². The summed E-state index contributed by atoms with van der Waals surface area (Å²) in [5.74, 6) is 1.70. The standard InChI is InChI=1S/C23H27ClO3/c1-26-22-15-18(23(25)17-9-5-3-2-4-6-10-17)13-14-19(22)16-27-21-12-8-7-11-20(21)24/h7-8,11-15,17H,2-6,9-10,16H2,1H3. The molecule has 0 bridgehead atoms. The Morgan fingerprint density at radius 3 is 2.41 bits per heavy atom. The average Bonchev–Trinajstić information content (AvgIpc) is 2.66. The number of ether oxygens (including phenoxy) is 2. The summed E-state index contributed by atoms with van der Waals surface area (Å²) in [6.07, 6.45) is 8.08. The molecule has 0 aliphatic heterocycles. The number of methoxy groups -OCH3 is 1. The van der Waals surface area contributed by atoms with Crippen molar-refractivity contribution in [3.63, 3.8) is 0 Å². The van der Waals surface area contributed by atoms with Gasteiger partial charge in [-0.3, -0.25) is 4.79 Å². The van der Waals surface area contributed by atoms with Gasteiger partial charge in [0.15, 0.2) is 5.78 Å². The van der Waals surface area contributed by atoms with Crippen LogP contribution in [0.3, 0.4) is 0 Å². The van der Waals surface area contributed by atoms with Gasteiger partial charge in [0.1, 0.15) is 18.1 Å². The molecule has 0 atom stereocenters. The van der Waals surface area contributed by atoms with Crippen LogP contribution in [0.25, 0.3) is 0 Å². The highest BCUT2D eigenvalue weighted by Gasteiger charge is 2.22. The normalized spacial score (nSPS) is 15.6. The third-order valence-corrected chi connectivity index (χ3v) is 5.58. The molecule has 3 rings (SSSR count). The molecule has 2 aromatic carbocycles. The van der Waals surface area contributed by atoms with Crippen LogP contribution in [0.4, 0.5) is 0 Å². The summed E-state index contributed by atoms with van der Waals surface area (Å²) in [5.41, 5.74) is 1.63. The molecule has 0 amide bonds. The molecule has 0 spiro atoms. The van der Waals surface area contributed by atoms with E-state index in [9.17, 15) is 4.79 Å². The van der Waals surface area contributed by atoms with Gasteiger partial charge in [0.25, 0.3) is 0 Å². The third-order valence-electron chi connectivity index (χ3n) is 5.27. The number of rotatable bonds is 6. The summed E-state index contributed by atoms with van der Waals surface area (Å²) >= 11 is 6.14. The van der Waals surface area contributed by atoms with Crippen molar-refractivity contribution in [2.24, 2.45) is 5.92 Å². The van der Waals surface area contributed by atoms with Crippen molar-refractivity contribution in [2.45, 2.75) is 51.6 Å². The third kappa shape index (κ3) is 5.26. The van der Waals surface area contributed by atoms with Crippen molar-refractivity contribution in [2.75, 3.05) is 7.11 Å². The molecule has 0 unspecified atom stereocenters. The van der Waals surface area contributed by atoms with Gasteiger partial charge in [-0.15, -0.1) is 0 Å². The molecule has 0 aromatic heterocycles. The fourth-order valence-electron chi connectivity index (χ4n) is 3.69. The summed E-state index contributed by atoms with van der Waals surface area (Å²) in [5, 5.41) is 0.576. The fraction of sp³-hybridized carbons (Fsp3) is 0.435. The van der Waals surface area contributed by atoms with E-state index in [0.29, 0.717) is 23.1 Å². The minimum absolute atomic E-state index is 0.139. The smallest absolute Gasteiger partial charge is 0.166 e. The predicted octanol–water partition coefficient (Wildman–Crippen LogP) is 6.47. The van der Waals surface area contributed by atoms with Gasteiger partial charge in [-0.2, -0.15) is 0 Å². The lowest BCUT2D eigenvalue weighted by molar-refractivity contribution is 0.0898. The van der Waals surface area contributed by atoms with Crippen LogP contribution in [0, 0.1) is 5.92 Å². The van der Waals surface area contributed by atoms with Gasteiger partial charge in [-0.05, 0) is 31.0 Å². The van der Waals surface area contributed by atoms with Crippen molar-refractivity contribution >= 4 is 17.4 Å². The van der Waals surface area contributed by atoms with Gasteiger partial charge in [0.2, 0.25) is 0 Å². The van der Waals surface area contributed by atoms with Crippen molar-refractivity contribution in [3.05, 3.63) is 58.6 Å². The topological polar surface area (TPSA) is 35.5 Å². The maximum absolute atomic E-state index is 13.0. The van der Waals surface area contributed by atoms with Gasteiger partial charge in [0, 0.05) is 17.0 Å². The second-order valence-corrected chi connectivity index (χ2v) is 7.56. The first-order valence-corrected chi connectivity index (χ1v) is 10.2. The number of carbonyl (C=O) groups excluding carboxylic acids is 1. The Morgan fingerprint density at radius 1 is 1.00 bits per heavy atom. The highest BCUT2D eigenvalue weighted by molar-refractivity contribution is 6.32. The molecule has 27 heavy (non-hydrogen) atoms. The largest absolute Gasteiger partial charge is 0.496 e. The summed E-state index contributed by atoms with van der Waals surface area (Å²) in [7, 11) is 1.62. The van der Waals surface area contributed by atoms with Crippen LogP contribution in [0.15, 0.2) is 42.5 Å². The minimum Gasteiger partial charge on any atom is -0.496 e. The highest BCUT2D eigenvalue weighted by Crippen LogP contribution is 2.29. The van der Waals surface area contributed by atoms with E-state index in [4.69, 9.17) is 21.1 Å². The van der Waals surface area contributed by atoms with Crippen LogP contribution < -0.4 is 9.47 Å². The molecule has 1 fully saturated rings. The first-order valence-electron chi connectivity index (χ1n) is 9.77. The molecule has 2 aromatic rings. The van der Waals surface area contributed by atoms with Gasteiger partial charge in [-0.25, -0.2) is 0 Å². The zero-order valence-electron chi connectivity index (χ0n) is 15.9. The first kappa shape index (κ1) is 19.8. The molecule has 1 saturated carbocycles. The first-order chi connectivity index (χ1) is 13.2. The number of halogens is 1. The van der Waals surface area contributed by atoms with Crippen LogP contribution in [0.1, 0.15) is 60.9 Å². The van der Waals surface area contributed by atoms with E-state index in [-0.39, 0.29) is 11.7 Å². The number of hydrogen-bond donors (Lipinski definition) is 0. The molecule has 0 N–H and O–H groups in total. The van der Waals surface area contributed by atoms with Crippen molar-refractivity contribution in [1.82, 2.24) is 0 Å². The molecule has 1 aliphatic carbocycles. The Kier molecular flexibility index (Phi) is 7.17. The summed E-state index contributed by atoms with van der Waals surface area (Å²) < 4.78 is 11.3. The lowest BCUT2D eigenvalue weighted by atomic mass is 9.85. The lowest BCUT2D eigenvalue weighted by Gasteiger charge is -2.19. The fourth-order valence-corrected chi connectivity index (χ4v) is 3.88. The molecule has 0 radical (unpaired) electrons. The van der Waals surface area contributed by atoms with Crippen LogP contribution in [0.2, 0.25) is 5.02 Å². The molecule has 0 saturated heterocycles. The Bertz CT molecular complexity index is 764. The van der Waals surface area contributed by atoms with Crippen LogP contribution in [0.5, 0.6) is 11.5 Å². The van der Waals surface area contributed by atoms with Crippen LogP contribution >= 0.6 is 11.6 Å². The van der Waals surface area contributed by atoms with E-state index in [1.54, 1.807) is 13.2 Å². The monoisotopic (exact) mass is 386 g/mol. The summed E-state index contributed by atoms with van der Waals surface area (Å²) in [4.78, 5) is 13.0. The maximum atomic E-state index is 13.0. The Balaban J connectivity index is 1.71. The quantitative estimate of drug-likeness (QED) is 0.533. The molecule has 144 valence electrons. The Labute approximate surface area is 166 Å². The molecular formula is C23H27ClO3. The van der Waals surface area contributed by atoms with Gasteiger partial charge in [-0.1, -0.05) is 68.0 Å². The van der Waals surface area contributed by atoms with E-state index in [2.05, 4.69) is 0 Å². The average molecular weight is 387 g/mol. The Morgan fingerprint density at radius 2 is 1.70 bits per heavy atom. The SMILES string of the molecule is COc1cc(C(=O)C2CCCCCCC2)ccc1COc1ccccc1Cl. The van der Waals surface area contributed by atoms with Gasteiger partial charge >= 0.3 is 0 Å². The number of para-hydroxylation sites is 1. The molecular weight excluding hydrogens is 360 g/mol. The zero-order valence-corrected chi connectivity index (χ0v) is 16.6. The highest BCUT2D eigenvalue weighted by atomic mass is 35.5. The van der Waals surface area contributed by atoms with Gasteiger partial charge < -0.3 is 9.47 Å². The second kappa shape index (κ2) is 9.80. The number of ketones is 1. The number of carbonyl (C=O) groups is 1. The molecule has 0 heterocycles. The number of benzene rings is 2. The Hall–Kier alpha value is -2.00. The minimum atomic E-state index is 0.139. The van der Waals surface area contributed by atoms with Crippen LogP contribution in [-0.4, -0.2) is 12.9 Å². The van der Waals surface area contributed by atoms with Crippen molar-refractivity contribution < 1.29 is 14.3 Å². The second-order valence-electron chi connectivity index (χ2n) is 7.15. The molecule has 4 heteroatoms. The van der Waals surface area contributed by atoms with Crippen molar-refractivity contribution in [3.8, 4) is 11.5 Å². The van der Waals surface area contributed by atoms with Crippen molar-refractivity contribution in [1.29, 1.82) is 0 Å². The summed E-state index contributed by atoms with van der Waals surface area (Å²) in [6.45, 7) is 0.338. The number of Topliss-reactive ketones (excluding diaryl/α,β-unsaturated/α-hetero) is 1. The number of hydrogen-bond acceptors (Lipinski definition) is 3. The molecule has 3 nitrogen and oxygen atoms in total. The van der Waals surface area contributed by atoms with E-state index < -0.39 is 0 Å². The van der Waals surface area contributed by atoms with E-state index in [0.717, 1.165) is 36.8 Å². The molecule has 1 aliphatic rings. The lowest BCUT2D eigenvalue weighted by Crippen LogP contribution is -2.16. The zero-order chi connectivity index (χ0) is 19.1. The van der Waals surface area contributed by atoms with E-state index in [1.165, 1.54) is 19.3 Å². The van der Waals surface area contributed by atoms with Crippen LogP contribution in [-0.2, 0) is 6.61 Å². The van der Waals surface area contributed by atoms with E-state index in [1.807, 2.05) is 36.4 Å². The van der Waals surface area contributed by atoms with Gasteiger partial charge in [0.05, 0.1) is 12.1 Å². The predicted molar refractivity (Wildman–Crippen MR) is 109 cm³/mol.